The summed E-state index contributed by atoms with van der Waals surface area (Å²) in [6, 6.07) is 9.38. The van der Waals surface area contributed by atoms with E-state index >= 15 is 0 Å². The number of benzene rings is 2. The number of ketones is 1. The fourth-order valence-electron chi connectivity index (χ4n) is 4.86. The molecule has 1 heterocycles. The third-order valence-electron chi connectivity index (χ3n) is 6.21. The average molecular weight is 504 g/mol. The third kappa shape index (κ3) is 4.49. The van der Waals surface area contributed by atoms with E-state index in [1.165, 1.54) is 19.2 Å². The number of carbonyl (C=O) groups excluding carboxylic acids is 2. The molecule has 2 aromatic rings. The molecule has 4 rings (SSSR count). The van der Waals surface area contributed by atoms with Crippen molar-refractivity contribution in [3.8, 4) is 11.5 Å². The van der Waals surface area contributed by atoms with E-state index in [1.807, 2.05) is 38.1 Å². The van der Waals surface area contributed by atoms with Crippen molar-refractivity contribution in [2.75, 3.05) is 7.11 Å². The molecular formula is C26H27Cl2NO5. The number of aliphatic hydroxyl groups is 1. The lowest BCUT2D eigenvalue weighted by atomic mass is 9.94. The van der Waals surface area contributed by atoms with Gasteiger partial charge in [0.1, 0.15) is 17.3 Å². The van der Waals surface area contributed by atoms with E-state index in [0.29, 0.717) is 11.3 Å². The number of carbonyl (C=O) groups is 2. The first-order valence-corrected chi connectivity index (χ1v) is 12.1. The first-order valence-electron chi connectivity index (χ1n) is 11.3. The predicted octanol–water partition coefficient (Wildman–Crippen LogP) is 6.15. The van der Waals surface area contributed by atoms with Gasteiger partial charge in [-0.15, -0.1) is 0 Å². The number of ether oxygens (including phenoxy) is 2. The van der Waals surface area contributed by atoms with Crippen molar-refractivity contribution < 1.29 is 24.2 Å². The van der Waals surface area contributed by atoms with Crippen molar-refractivity contribution >= 4 is 40.7 Å². The highest BCUT2D eigenvalue weighted by molar-refractivity contribution is 6.47. The van der Waals surface area contributed by atoms with Crippen molar-refractivity contribution in [1.82, 2.24) is 4.90 Å². The highest BCUT2D eigenvalue weighted by Crippen LogP contribution is 2.46. The number of Topliss-reactive ketones (excluding diaryl/α,β-unsaturated/α-hetero) is 1. The second-order valence-corrected chi connectivity index (χ2v) is 9.70. The van der Waals surface area contributed by atoms with Crippen LogP contribution in [0.2, 0.25) is 10.0 Å². The number of rotatable bonds is 6. The maximum atomic E-state index is 13.4. The van der Waals surface area contributed by atoms with E-state index in [2.05, 4.69) is 0 Å². The molecule has 2 aromatic carbocycles. The summed E-state index contributed by atoms with van der Waals surface area (Å²) in [6.45, 7) is 3.85. The molecule has 0 radical (unpaired) electrons. The summed E-state index contributed by atoms with van der Waals surface area (Å²) in [5.41, 5.74) is 0.817. The Morgan fingerprint density at radius 2 is 1.82 bits per heavy atom. The second-order valence-electron chi connectivity index (χ2n) is 8.85. The summed E-state index contributed by atoms with van der Waals surface area (Å²) in [7, 11) is 1.41. The van der Waals surface area contributed by atoms with Crippen molar-refractivity contribution in [1.29, 1.82) is 0 Å². The van der Waals surface area contributed by atoms with Gasteiger partial charge in [0, 0.05) is 11.1 Å². The molecule has 8 heteroatoms. The Morgan fingerprint density at radius 3 is 2.47 bits per heavy atom. The number of methoxy groups -OCH3 is 1. The van der Waals surface area contributed by atoms with Gasteiger partial charge in [-0.25, -0.2) is 0 Å². The highest BCUT2D eigenvalue weighted by Gasteiger charge is 2.49. The van der Waals surface area contributed by atoms with Crippen LogP contribution in [-0.2, 0) is 9.59 Å². The van der Waals surface area contributed by atoms with Gasteiger partial charge in [0.2, 0.25) is 0 Å². The van der Waals surface area contributed by atoms with Crippen molar-refractivity contribution in [2.45, 2.75) is 57.7 Å². The van der Waals surface area contributed by atoms with Gasteiger partial charge in [-0.05, 0) is 56.5 Å². The number of hydrogen-bond donors (Lipinski definition) is 1. The minimum atomic E-state index is -0.777. The minimum absolute atomic E-state index is 0.0183. The molecule has 0 bridgehead atoms. The van der Waals surface area contributed by atoms with E-state index in [4.69, 9.17) is 32.7 Å². The molecule has 1 aliphatic carbocycles. The predicted molar refractivity (Wildman–Crippen MR) is 132 cm³/mol. The van der Waals surface area contributed by atoms with Crippen molar-refractivity contribution in [2.24, 2.45) is 0 Å². The molecule has 1 unspecified atom stereocenters. The molecule has 0 spiro atoms. The quantitative estimate of drug-likeness (QED) is 0.290. The number of aliphatic hydroxyl groups excluding tert-OH is 1. The van der Waals surface area contributed by atoms with Crippen LogP contribution in [0.5, 0.6) is 11.5 Å². The molecule has 1 saturated carbocycles. The van der Waals surface area contributed by atoms with Crippen LogP contribution in [0.4, 0.5) is 0 Å². The summed E-state index contributed by atoms with van der Waals surface area (Å²) in [4.78, 5) is 28.3. The maximum absolute atomic E-state index is 13.4. The molecule has 2 aliphatic rings. The summed E-state index contributed by atoms with van der Waals surface area (Å²) >= 11 is 12.5. The summed E-state index contributed by atoms with van der Waals surface area (Å²) in [5, 5.41) is 11.9. The van der Waals surface area contributed by atoms with Gasteiger partial charge in [-0.3, -0.25) is 9.59 Å². The first kappa shape index (κ1) is 24.4. The Bertz CT molecular complexity index is 1150. The van der Waals surface area contributed by atoms with E-state index in [0.717, 1.165) is 25.7 Å². The molecule has 34 heavy (non-hydrogen) atoms. The molecule has 2 fully saturated rings. The van der Waals surface area contributed by atoms with E-state index in [9.17, 15) is 14.7 Å². The van der Waals surface area contributed by atoms with Crippen LogP contribution in [0.25, 0.3) is 5.76 Å². The number of likely N-dealkylation sites (tertiary alicyclic amines) is 1. The van der Waals surface area contributed by atoms with Gasteiger partial charge in [-0.1, -0.05) is 48.2 Å². The van der Waals surface area contributed by atoms with Crippen molar-refractivity contribution in [3.63, 3.8) is 0 Å². The molecule has 1 aliphatic heterocycles. The van der Waals surface area contributed by atoms with Crippen LogP contribution in [0, 0.1) is 0 Å². The Balaban J connectivity index is 1.93. The largest absolute Gasteiger partial charge is 0.507 e. The summed E-state index contributed by atoms with van der Waals surface area (Å²) in [6.07, 6.45) is 3.52. The molecule has 1 saturated heterocycles. The second kappa shape index (κ2) is 9.88. The Hall–Kier alpha value is -2.70. The summed E-state index contributed by atoms with van der Waals surface area (Å²) < 4.78 is 11.2. The molecule has 1 atom stereocenters. The van der Waals surface area contributed by atoms with Gasteiger partial charge >= 0.3 is 0 Å². The van der Waals surface area contributed by atoms with Gasteiger partial charge in [0.05, 0.1) is 35.4 Å². The van der Waals surface area contributed by atoms with E-state index < -0.39 is 17.7 Å². The average Bonchev–Trinajstić information content (AvgIpc) is 3.39. The van der Waals surface area contributed by atoms with Gasteiger partial charge in [0.15, 0.2) is 0 Å². The Labute approximate surface area is 209 Å². The minimum Gasteiger partial charge on any atom is -0.507 e. The lowest BCUT2D eigenvalue weighted by Gasteiger charge is -2.31. The third-order valence-corrected chi connectivity index (χ3v) is 6.71. The van der Waals surface area contributed by atoms with E-state index in [1.54, 1.807) is 4.90 Å². The van der Waals surface area contributed by atoms with Crippen LogP contribution < -0.4 is 9.47 Å². The Kier molecular flexibility index (Phi) is 7.10. The zero-order valence-electron chi connectivity index (χ0n) is 19.3. The highest BCUT2D eigenvalue weighted by atomic mass is 35.5. The van der Waals surface area contributed by atoms with Crippen LogP contribution in [0.3, 0.4) is 0 Å². The number of nitrogens with zero attached hydrogens (tertiary/aromatic N) is 1. The number of halogens is 2. The topological polar surface area (TPSA) is 76.1 Å². The van der Waals surface area contributed by atoms with Crippen LogP contribution in [0.15, 0.2) is 42.0 Å². The molecular weight excluding hydrogens is 477 g/mol. The maximum Gasteiger partial charge on any atom is 0.295 e. The van der Waals surface area contributed by atoms with Gasteiger partial charge < -0.3 is 19.5 Å². The van der Waals surface area contributed by atoms with Crippen LogP contribution >= 0.6 is 23.2 Å². The SMILES string of the molecule is COc1c(Cl)cc(Cl)cc1/C(O)=C1\C(=O)C(=O)N(C2CCCC2)C1c1cccc(OC(C)C)c1. The normalized spacial score (nSPS) is 20.4. The van der Waals surface area contributed by atoms with Crippen molar-refractivity contribution in [3.05, 3.63) is 63.1 Å². The van der Waals surface area contributed by atoms with Crippen LogP contribution in [-0.4, -0.2) is 41.0 Å². The standard InChI is InChI=1S/C26H27Cl2NO5/c1-14(2)34-18-10-6-7-15(11-18)22-21(24(31)26(32)29(22)17-8-4-5-9-17)23(30)19-12-16(27)13-20(28)25(19)33-3/h6-7,10-14,17,22,30H,4-5,8-9H2,1-3H3/b23-21+. The molecule has 1 amide bonds. The Morgan fingerprint density at radius 1 is 1.12 bits per heavy atom. The van der Waals surface area contributed by atoms with Crippen LogP contribution in [0.1, 0.15) is 56.7 Å². The molecule has 6 nitrogen and oxygen atoms in total. The van der Waals surface area contributed by atoms with Gasteiger partial charge in [0.25, 0.3) is 11.7 Å². The zero-order chi connectivity index (χ0) is 24.6. The molecule has 1 N–H and O–H groups in total. The van der Waals surface area contributed by atoms with Gasteiger partial charge in [-0.2, -0.15) is 0 Å². The first-order chi connectivity index (χ1) is 16.2. The zero-order valence-corrected chi connectivity index (χ0v) is 20.8. The smallest absolute Gasteiger partial charge is 0.295 e. The lowest BCUT2D eigenvalue weighted by Crippen LogP contribution is -2.37. The fraction of sp³-hybridized carbons (Fsp3) is 0.385. The number of hydrogen-bond acceptors (Lipinski definition) is 5. The molecule has 180 valence electrons. The number of amides is 1. The fourth-order valence-corrected chi connectivity index (χ4v) is 5.43. The summed E-state index contributed by atoms with van der Waals surface area (Å²) in [5.74, 6) is -0.956. The van der Waals surface area contributed by atoms with E-state index in [-0.39, 0.29) is 44.8 Å². The molecule has 0 aromatic heterocycles. The monoisotopic (exact) mass is 503 g/mol. The lowest BCUT2D eigenvalue weighted by molar-refractivity contribution is -0.141.